The molecule has 3 aliphatic carbocycles. The summed E-state index contributed by atoms with van der Waals surface area (Å²) >= 11 is 0. The van der Waals surface area contributed by atoms with E-state index in [-0.39, 0.29) is 24.0 Å². The van der Waals surface area contributed by atoms with Gasteiger partial charge in [0.05, 0.1) is 12.8 Å². The van der Waals surface area contributed by atoms with Gasteiger partial charge in [-0.1, -0.05) is 39.3 Å². The van der Waals surface area contributed by atoms with Gasteiger partial charge in [-0.25, -0.2) is 4.68 Å². The van der Waals surface area contributed by atoms with Crippen LogP contribution in [0.2, 0.25) is 0 Å². The molecule has 4 rings (SSSR count). The molecular weight excluding hydrogens is 378 g/mol. The Hall–Kier alpha value is -1.82. The summed E-state index contributed by atoms with van der Waals surface area (Å²) in [6, 6.07) is 0.258. The monoisotopic (exact) mass is 415 g/mol. The molecule has 4 unspecified atom stereocenters. The fourth-order valence-electron chi connectivity index (χ4n) is 5.40. The highest BCUT2D eigenvalue weighted by Gasteiger charge is 2.49. The number of aryl methyl sites for hydroxylation is 1. The first kappa shape index (κ1) is 21.4. The van der Waals surface area contributed by atoms with Gasteiger partial charge in [-0.05, 0) is 61.2 Å². The zero-order valence-electron chi connectivity index (χ0n) is 18.9. The first-order valence-electron chi connectivity index (χ1n) is 11.6. The number of hydrogen-bond donors (Lipinski definition) is 2. The topological polar surface area (TPSA) is 76.4 Å². The molecule has 6 heteroatoms. The highest BCUT2D eigenvalue weighted by atomic mass is 16.5. The number of aliphatic hydroxyl groups is 1. The van der Waals surface area contributed by atoms with Crippen molar-refractivity contribution < 1.29 is 14.6 Å². The van der Waals surface area contributed by atoms with Crippen LogP contribution in [0, 0.1) is 29.1 Å². The molecule has 2 saturated carbocycles. The molecule has 1 aromatic heterocycles. The Kier molecular flexibility index (Phi) is 5.97. The lowest BCUT2D eigenvalue weighted by molar-refractivity contribution is 0.0908. The van der Waals surface area contributed by atoms with Crippen LogP contribution in [0.15, 0.2) is 17.8 Å². The molecule has 3 aliphatic rings. The van der Waals surface area contributed by atoms with E-state index in [9.17, 15) is 9.90 Å². The lowest BCUT2D eigenvalue weighted by atomic mass is 9.88. The standard InChI is InChI=1S/C24H37N3O3/c1-15(2)13-30-23-20(12-25-27(23)10-9-24(3,4)14-28)22(29)26-21-17-6-5-16-7-8-18(21)19(16)11-17/h5,12,15,17-19,21,28H,6-11,13-14H2,1-4H3,(H,26,29). The fraction of sp³-hybridized carbons (Fsp3) is 0.750. The zero-order valence-corrected chi connectivity index (χ0v) is 18.9. The van der Waals surface area contributed by atoms with Crippen molar-refractivity contribution in [2.45, 2.75) is 72.4 Å². The molecule has 2 N–H and O–H groups in total. The lowest BCUT2D eigenvalue weighted by Gasteiger charge is -2.25. The van der Waals surface area contributed by atoms with E-state index in [0.717, 1.165) is 12.8 Å². The van der Waals surface area contributed by atoms with E-state index in [1.165, 1.54) is 19.3 Å². The van der Waals surface area contributed by atoms with Crippen molar-refractivity contribution >= 4 is 5.91 Å². The van der Waals surface area contributed by atoms with Gasteiger partial charge < -0.3 is 15.2 Å². The van der Waals surface area contributed by atoms with Crippen molar-refractivity contribution in [2.24, 2.45) is 29.1 Å². The number of nitrogens with zero attached hydrogens (tertiary/aromatic N) is 2. The van der Waals surface area contributed by atoms with Gasteiger partial charge in [-0.3, -0.25) is 4.79 Å². The molecule has 6 nitrogen and oxygen atoms in total. The SMILES string of the molecule is CC(C)COc1c(C(=O)NC2C3CC=C4CCC2C4C3)cnn1CCC(C)(C)CO. The average Bonchev–Trinajstić information content (AvgIpc) is 3.37. The summed E-state index contributed by atoms with van der Waals surface area (Å²) in [7, 11) is 0. The minimum Gasteiger partial charge on any atom is -0.477 e. The van der Waals surface area contributed by atoms with E-state index < -0.39 is 0 Å². The second-order valence-electron chi connectivity index (χ2n) is 10.7. The zero-order chi connectivity index (χ0) is 21.5. The van der Waals surface area contributed by atoms with Crippen LogP contribution in [0.4, 0.5) is 0 Å². The van der Waals surface area contributed by atoms with Crippen molar-refractivity contribution in [3.8, 4) is 5.88 Å². The summed E-state index contributed by atoms with van der Waals surface area (Å²) in [5.41, 5.74) is 1.97. The number of fused-ring (bicyclic) bond motifs is 1. The maximum absolute atomic E-state index is 13.3. The number of carbonyl (C=O) groups excluding carboxylic acids is 1. The predicted molar refractivity (Wildman–Crippen MR) is 116 cm³/mol. The quantitative estimate of drug-likeness (QED) is 0.602. The molecule has 1 amide bonds. The number of carbonyl (C=O) groups is 1. The molecule has 1 heterocycles. The summed E-state index contributed by atoms with van der Waals surface area (Å²) in [6.45, 7) is 9.52. The number of ether oxygens (including phenoxy) is 1. The predicted octanol–water partition coefficient (Wildman–Crippen LogP) is 3.80. The normalized spacial score (nSPS) is 27.5. The molecule has 166 valence electrons. The highest BCUT2D eigenvalue weighted by Crippen LogP contribution is 2.54. The summed E-state index contributed by atoms with van der Waals surface area (Å²) < 4.78 is 7.86. The summed E-state index contributed by atoms with van der Waals surface area (Å²) in [5.74, 6) is 2.69. The number of amides is 1. The molecule has 0 aromatic carbocycles. The van der Waals surface area contributed by atoms with Crippen LogP contribution in [-0.4, -0.2) is 40.0 Å². The Balaban J connectivity index is 1.50. The Morgan fingerprint density at radius 1 is 1.43 bits per heavy atom. The third kappa shape index (κ3) is 4.16. The second-order valence-corrected chi connectivity index (χ2v) is 10.7. The minimum absolute atomic E-state index is 0.0626. The second kappa shape index (κ2) is 8.37. The van der Waals surface area contributed by atoms with Crippen LogP contribution in [0.1, 0.15) is 70.2 Å². The number of rotatable bonds is 9. The van der Waals surface area contributed by atoms with Crippen molar-refractivity contribution in [3.05, 3.63) is 23.4 Å². The minimum atomic E-state index is -0.196. The highest BCUT2D eigenvalue weighted by molar-refractivity contribution is 5.96. The van der Waals surface area contributed by atoms with Crippen molar-refractivity contribution in [2.75, 3.05) is 13.2 Å². The largest absolute Gasteiger partial charge is 0.477 e. The molecule has 2 bridgehead atoms. The van der Waals surface area contributed by atoms with Crippen molar-refractivity contribution in [1.29, 1.82) is 0 Å². The van der Waals surface area contributed by atoms with Crippen molar-refractivity contribution in [3.63, 3.8) is 0 Å². The third-order valence-corrected chi connectivity index (χ3v) is 7.28. The van der Waals surface area contributed by atoms with E-state index in [2.05, 4.69) is 30.3 Å². The smallest absolute Gasteiger partial charge is 0.258 e. The summed E-state index contributed by atoms with van der Waals surface area (Å²) in [4.78, 5) is 13.3. The van der Waals surface area contributed by atoms with Gasteiger partial charge in [-0.2, -0.15) is 5.10 Å². The summed E-state index contributed by atoms with van der Waals surface area (Å²) in [6.07, 6.45) is 9.57. The molecule has 0 saturated heterocycles. The number of aromatic nitrogens is 2. The van der Waals surface area contributed by atoms with Crippen LogP contribution >= 0.6 is 0 Å². The van der Waals surface area contributed by atoms with E-state index in [0.29, 0.717) is 48.3 Å². The van der Waals surface area contributed by atoms with E-state index >= 15 is 0 Å². The Morgan fingerprint density at radius 2 is 2.23 bits per heavy atom. The molecule has 2 fully saturated rings. The van der Waals surface area contributed by atoms with Gasteiger partial charge in [0.1, 0.15) is 5.56 Å². The number of aliphatic hydroxyl groups excluding tert-OH is 1. The van der Waals surface area contributed by atoms with Gasteiger partial charge in [-0.15, -0.1) is 0 Å². The van der Waals surface area contributed by atoms with Gasteiger partial charge in [0, 0.05) is 19.2 Å². The van der Waals surface area contributed by atoms with Gasteiger partial charge in [0.25, 0.3) is 5.91 Å². The first-order valence-corrected chi connectivity index (χ1v) is 11.6. The molecule has 30 heavy (non-hydrogen) atoms. The van der Waals surface area contributed by atoms with E-state index in [4.69, 9.17) is 4.74 Å². The maximum atomic E-state index is 13.3. The molecule has 1 aromatic rings. The Labute approximate surface area is 180 Å². The summed E-state index contributed by atoms with van der Waals surface area (Å²) in [5, 5.41) is 17.4. The Bertz CT molecular complexity index is 811. The molecular formula is C24H37N3O3. The van der Waals surface area contributed by atoms with Crippen molar-refractivity contribution in [1.82, 2.24) is 15.1 Å². The van der Waals surface area contributed by atoms with E-state index in [1.54, 1.807) is 16.5 Å². The number of hydrogen-bond acceptors (Lipinski definition) is 4. The molecule has 4 atom stereocenters. The number of allylic oxidation sites excluding steroid dienone is 2. The van der Waals surface area contributed by atoms with Gasteiger partial charge in [0.15, 0.2) is 0 Å². The number of nitrogens with one attached hydrogen (secondary N) is 1. The first-order chi connectivity index (χ1) is 14.3. The fourth-order valence-corrected chi connectivity index (χ4v) is 5.40. The van der Waals surface area contributed by atoms with Gasteiger partial charge >= 0.3 is 0 Å². The van der Waals surface area contributed by atoms with Crippen LogP contribution in [0.5, 0.6) is 5.88 Å². The van der Waals surface area contributed by atoms with E-state index in [1.807, 2.05) is 13.8 Å². The Morgan fingerprint density at radius 3 is 2.97 bits per heavy atom. The maximum Gasteiger partial charge on any atom is 0.258 e. The molecule has 0 radical (unpaired) electrons. The average molecular weight is 416 g/mol. The van der Waals surface area contributed by atoms with Crippen LogP contribution in [-0.2, 0) is 6.54 Å². The van der Waals surface area contributed by atoms with Crippen LogP contribution in [0.25, 0.3) is 0 Å². The lowest BCUT2D eigenvalue weighted by Crippen LogP contribution is -2.41. The van der Waals surface area contributed by atoms with Crippen LogP contribution < -0.4 is 10.1 Å². The molecule has 0 aliphatic heterocycles. The van der Waals surface area contributed by atoms with Gasteiger partial charge in [0.2, 0.25) is 5.88 Å². The van der Waals surface area contributed by atoms with Crippen LogP contribution in [0.3, 0.4) is 0 Å². The molecule has 0 spiro atoms. The third-order valence-electron chi connectivity index (χ3n) is 7.28.